The summed E-state index contributed by atoms with van der Waals surface area (Å²) in [6.07, 6.45) is 1.75. The third-order valence-corrected chi connectivity index (χ3v) is 3.03. The first kappa shape index (κ1) is 14.1. The maximum Gasteiger partial charge on any atom is 0.0863 e. The third kappa shape index (κ3) is 3.76. The van der Waals surface area contributed by atoms with Crippen molar-refractivity contribution in [3.05, 3.63) is 16.4 Å². The number of hydrogen-bond donors (Lipinski definition) is 1. The van der Waals surface area contributed by atoms with Gasteiger partial charge in [0.1, 0.15) is 0 Å². The molecule has 4 heteroatoms. The van der Waals surface area contributed by atoms with Gasteiger partial charge in [-0.25, -0.2) is 0 Å². The van der Waals surface area contributed by atoms with Gasteiger partial charge < -0.3 is 5.32 Å². The molecule has 0 aromatic carbocycles. The Morgan fingerprint density at radius 3 is 2.76 bits per heavy atom. The third-order valence-electron chi connectivity index (χ3n) is 2.59. The molecule has 0 amide bonds. The molecule has 0 bridgehead atoms. The summed E-state index contributed by atoms with van der Waals surface area (Å²) in [4.78, 5) is 0. The molecule has 0 saturated heterocycles. The van der Waals surface area contributed by atoms with Gasteiger partial charge in [0, 0.05) is 26.1 Å². The summed E-state index contributed by atoms with van der Waals surface area (Å²) in [7, 11) is 0. The molecule has 0 aliphatic heterocycles. The van der Waals surface area contributed by atoms with Crippen molar-refractivity contribution in [2.24, 2.45) is 0 Å². The summed E-state index contributed by atoms with van der Waals surface area (Å²) >= 11 is 6.30. The molecule has 0 saturated carbocycles. The Morgan fingerprint density at radius 2 is 2.18 bits per heavy atom. The standard InChI is InChI=1S/C13H20ClN3/c1-4-7-8-9-15-10-12-13(14)11(5-2)16-17(12)6-3/h15H,5-6,8-10H2,1-3H3. The van der Waals surface area contributed by atoms with E-state index in [9.17, 15) is 0 Å². The molecule has 1 aromatic heterocycles. The number of halogens is 1. The van der Waals surface area contributed by atoms with E-state index < -0.39 is 0 Å². The summed E-state index contributed by atoms with van der Waals surface area (Å²) < 4.78 is 1.97. The van der Waals surface area contributed by atoms with Gasteiger partial charge in [0.05, 0.1) is 16.4 Å². The van der Waals surface area contributed by atoms with Crippen molar-refractivity contribution in [1.82, 2.24) is 15.1 Å². The molecular formula is C13H20ClN3. The Labute approximate surface area is 109 Å². The minimum Gasteiger partial charge on any atom is -0.310 e. The van der Waals surface area contributed by atoms with E-state index in [4.69, 9.17) is 11.6 Å². The molecule has 94 valence electrons. The summed E-state index contributed by atoms with van der Waals surface area (Å²) in [6.45, 7) is 8.50. The van der Waals surface area contributed by atoms with Gasteiger partial charge >= 0.3 is 0 Å². The molecule has 0 aliphatic carbocycles. The summed E-state index contributed by atoms with van der Waals surface area (Å²) in [6, 6.07) is 0. The van der Waals surface area contributed by atoms with Gasteiger partial charge in [-0.3, -0.25) is 4.68 Å². The molecule has 3 nitrogen and oxygen atoms in total. The van der Waals surface area contributed by atoms with E-state index in [1.54, 1.807) is 0 Å². The topological polar surface area (TPSA) is 29.9 Å². The minimum atomic E-state index is 0.755. The van der Waals surface area contributed by atoms with Crippen LogP contribution in [0.1, 0.15) is 38.6 Å². The van der Waals surface area contributed by atoms with E-state index >= 15 is 0 Å². The van der Waals surface area contributed by atoms with Crippen molar-refractivity contribution in [1.29, 1.82) is 0 Å². The molecule has 1 aromatic rings. The van der Waals surface area contributed by atoms with Gasteiger partial charge in [0.2, 0.25) is 0 Å². The summed E-state index contributed by atoms with van der Waals surface area (Å²) in [5.41, 5.74) is 2.06. The SMILES string of the molecule is CC#CCCNCc1c(Cl)c(CC)nn1CC. The van der Waals surface area contributed by atoms with Crippen molar-refractivity contribution in [3.8, 4) is 11.8 Å². The monoisotopic (exact) mass is 253 g/mol. The number of nitrogens with one attached hydrogen (secondary N) is 1. The van der Waals surface area contributed by atoms with Crippen LogP contribution in [0, 0.1) is 11.8 Å². The van der Waals surface area contributed by atoms with Crippen molar-refractivity contribution in [2.45, 2.75) is 46.7 Å². The molecule has 0 unspecified atom stereocenters. The zero-order valence-electron chi connectivity index (χ0n) is 10.8. The van der Waals surface area contributed by atoms with Crippen LogP contribution in [0.3, 0.4) is 0 Å². The second kappa shape index (κ2) is 7.37. The molecule has 0 fully saturated rings. The van der Waals surface area contributed by atoms with Gasteiger partial charge in [-0.15, -0.1) is 11.8 Å². The quantitative estimate of drug-likeness (QED) is 0.624. The van der Waals surface area contributed by atoms with Gasteiger partial charge in [0.25, 0.3) is 0 Å². The van der Waals surface area contributed by atoms with Crippen molar-refractivity contribution >= 4 is 11.6 Å². The van der Waals surface area contributed by atoms with Crippen LogP contribution in [-0.2, 0) is 19.5 Å². The maximum atomic E-state index is 6.30. The minimum absolute atomic E-state index is 0.755. The largest absolute Gasteiger partial charge is 0.310 e. The molecule has 0 radical (unpaired) electrons. The van der Waals surface area contributed by atoms with E-state index in [0.29, 0.717) is 0 Å². The second-order valence-corrected chi connectivity index (χ2v) is 4.11. The summed E-state index contributed by atoms with van der Waals surface area (Å²) in [5.74, 6) is 5.91. The maximum absolute atomic E-state index is 6.30. The number of hydrogen-bond acceptors (Lipinski definition) is 2. The van der Waals surface area contributed by atoms with E-state index in [2.05, 4.69) is 36.1 Å². The lowest BCUT2D eigenvalue weighted by atomic mass is 10.3. The smallest absolute Gasteiger partial charge is 0.0863 e. The fourth-order valence-corrected chi connectivity index (χ4v) is 2.00. The average Bonchev–Trinajstić information content (AvgIpc) is 2.65. The molecule has 1 rings (SSSR count). The Kier molecular flexibility index (Phi) is 6.10. The van der Waals surface area contributed by atoms with Crippen LogP contribution in [-0.4, -0.2) is 16.3 Å². The van der Waals surface area contributed by atoms with E-state index in [0.717, 1.165) is 48.9 Å². The van der Waals surface area contributed by atoms with Crippen LogP contribution in [0.4, 0.5) is 0 Å². The number of nitrogens with zero attached hydrogens (tertiary/aromatic N) is 2. The lowest BCUT2D eigenvalue weighted by Crippen LogP contribution is -2.17. The Hall–Kier alpha value is -0.980. The molecular weight excluding hydrogens is 234 g/mol. The van der Waals surface area contributed by atoms with Crippen LogP contribution in [0.15, 0.2) is 0 Å². The lowest BCUT2D eigenvalue weighted by Gasteiger charge is -2.05. The predicted octanol–water partition coefficient (Wildman–Crippen LogP) is 2.62. The highest BCUT2D eigenvalue weighted by atomic mass is 35.5. The molecule has 1 heterocycles. The van der Waals surface area contributed by atoms with Gasteiger partial charge in [-0.2, -0.15) is 5.10 Å². The van der Waals surface area contributed by atoms with Crippen LogP contribution < -0.4 is 5.32 Å². The average molecular weight is 254 g/mol. The van der Waals surface area contributed by atoms with Crippen molar-refractivity contribution in [3.63, 3.8) is 0 Å². The van der Waals surface area contributed by atoms with Crippen molar-refractivity contribution in [2.75, 3.05) is 6.54 Å². The number of aromatic nitrogens is 2. The Bertz CT molecular complexity index is 412. The molecule has 0 aliphatic rings. The fourth-order valence-electron chi connectivity index (χ4n) is 1.67. The van der Waals surface area contributed by atoms with Crippen LogP contribution in [0.25, 0.3) is 0 Å². The summed E-state index contributed by atoms with van der Waals surface area (Å²) in [5, 5.41) is 8.63. The van der Waals surface area contributed by atoms with E-state index in [1.165, 1.54) is 0 Å². The fraction of sp³-hybridized carbons (Fsp3) is 0.615. The highest BCUT2D eigenvalue weighted by Crippen LogP contribution is 2.21. The predicted molar refractivity (Wildman–Crippen MR) is 72.1 cm³/mol. The first-order valence-corrected chi connectivity index (χ1v) is 6.46. The molecule has 0 spiro atoms. The zero-order chi connectivity index (χ0) is 12.7. The van der Waals surface area contributed by atoms with E-state index in [-0.39, 0.29) is 0 Å². The number of aryl methyl sites for hydroxylation is 2. The van der Waals surface area contributed by atoms with Crippen LogP contribution >= 0.6 is 11.6 Å². The highest BCUT2D eigenvalue weighted by Gasteiger charge is 2.13. The molecule has 1 N–H and O–H groups in total. The highest BCUT2D eigenvalue weighted by molar-refractivity contribution is 6.31. The van der Waals surface area contributed by atoms with E-state index in [1.807, 2.05) is 11.6 Å². The first-order valence-electron chi connectivity index (χ1n) is 6.08. The second-order valence-electron chi connectivity index (χ2n) is 3.73. The van der Waals surface area contributed by atoms with Crippen LogP contribution in [0.2, 0.25) is 5.02 Å². The normalized spacial score (nSPS) is 10.1. The van der Waals surface area contributed by atoms with Gasteiger partial charge in [-0.05, 0) is 20.3 Å². The Balaban J connectivity index is 2.61. The zero-order valence-corrected chi connectivity index (χ0v) is 11.6. The van der Waals surface area contributed by atoms with Crippen molar-refractivity contribution < 1.29 is 0 Å². The lowest BCUT2D eigenvalue weighted by molar-refractivity contribution is 0.581. The first-order chi connectivity index (χ1) is 8.24. The number of rotatable bonds is 6. The van der Waals surface area contributed by atoms with Crippen LogP contribution in [0.5, 0.6) is 0 Å². The molecule has 0 atom stereocenters. The van der Waals surface area contributed by atoms with Gasteiger partial charge in [0.15, 0.2) is 0 Å². The molecule has 17 heavy (non-hydrogen) atoms. The van der Waals surface area contributed by atoms with Gasteiger partial charge in [-0.1, -0.05) is 18.5 Å². The Morgan fingerprint density at radius 1 is 1.41 bits per heavy atom.